The minimum absolute atomic E-state index is 0.478. The van der Waals surface area contributed by atoms with Gasteiger partial charge in [-0.25, -0.2) is 0 Å². The molecule has 3 fully saturated rings. The lowest BCUT2D eigenvalue weighted by molar-refractivity contribution is 0.0674. The second-order valence-corrected chi connectivity index (χ2v) is 8.71. The van der Waals surface area contributed by atoms with Gasteiger partial charge in [-0.2, -0.15) is 0 Å². The van der Waals surface area contributed by atoms with Crippen molar-refractivity contribution in [3.8, 4) is 0 Å². The van der Waals surface area contributed by atoms with E-state index in [1.807, 2.05) is 0 Å². The number of nitrogens with zero attached hydrogens (tertiary/aromatic N) is 1. The summed E-state index contributed by atoms with van der Waals surface area (Å²) in [4.78, 5) is 2.88. The van der Waals surface area contributed by atoms with E-state index in [0.29, 0.717) is 10.8 Å². The third-order valence-electron chi connectivity index (χ3n) is 6.66. The van der Waals surface area contributed by atoms with E-state index in [9.17, 15) is 0 Å². The smallest absolute Gasteiger partial charge is 0.0247 e. The molecule has 0 aromatic rings. The Morgan fingerprint density at radius 1 is 1.05 bits per heavy atom. The van der Waals surface area contributed by atoms with E-state index >= 15 is 0 Å². The molecule has 2 saturated carbocycles. The third-order valence-corrected chi connectivity index (χ3v) is 6.66. The molecule has 2 atom stereocenters. The number of piperazine rings is 1. The van der Waals surface area contributed by atoms with Gasteiger partial charge in [0.1, 0.15) is 0 Å². The van der Waals surface area contributed by atoms with Gasteiger partial charge in [0.15, 0.2) is 0 Å². The van der Waals surface area contributed by atoms with E-state index in [2.05, 4.69) is 51.8 Å². The molecule has 1 saturated heterocycles. The highest BCUT2D eigenvalue weighted by Gasteiger charge is 2.68. The molecule has 2 aliphatic carbocycles. The number of hydrogen-bond donors (Lipinski definition) is 1. The molecule has 0 aromatic heterocycles. The average Bonchev–Trinajstić information content (AvgIpc) is 3.17. The van der Waals surface area contributed by atoms with Crippen LogP contribution in [0.4, 0.5) is 0 Å². The molecule has 1 heterocycles. The van der Waals surface area contributed by atoms with E-state index in [0.717, 1.165) is 30.0 Å². The zero-order valence-corrected chi connectivity index (χ0v) is 13.7. The summed E-state index contributed by atoms with van der Waals surface area (Å²) in [6.45, 7) is 17.1. The molecule has 0 bridgehead atoms. The molecule has 3 rings (SSSR count). The van der Waals surface area contributed by atoms with Gasteiger partial charge in [-0.1, -0.05) is 41.5 Å². The number of nitrogens with one attached hydrogen (secondary N) is 1. The van der Waals surface area contributed by atoms with Crippen molar-refractivity contribution < 1.29 is 0 Å². The van der Waals surface area contributed by atoms with Gasteiger partial charge in [0.25, 0.3) is 0 Å². The molecule has 19 heavy (non-hydrogen) atoms. The zero-order chi connectivity index (χ0) is 14.0. The van der Waals surface area contributed by atoms with E-state index in [1.54, 1.807) is 0 Å². The lowest BCUT2D eigenvalue weighted by Crippen LogP contribution is -2.60. The highest BCUT2D eigenvalue weighted by molar-refractivity contribution is 5.20. The van der Waals surface area contributed by atoms with Crippen LogP contribution >= 0.6 is 0 Å². The first-order valence-corrected chi connectivity index (χ1v) is 8.26. The third kappa shape index (κ3) is 2.06. The predicted molar refractivity (Wildman–Crippen MR) is 81.2 cm³/mol. The summed E-state index contributed by atoms with van der Waals surface area (Å²) >= 11 is 0. The van der Waals surface area contributed by atoms with Crippen LogP contribution in [0.1, 0.15) is 54.4 Å². The summed E-state index contributed by atoms with van der Waals surface area (Å²) in [6, 6.07) is 2.26. The number of rotatable bonds is 3. The topological polar surface area (TPSA) is 15.3 Å². The molecule has 2 nitrogen and oxygen atoms in total. The fourth-order valence-corrected chi connectivity index (χ4v) is 4.54. The Morgan fingerprint density at radius 2 is 1.63 bits per heavy atom. The van der Waals surface area contributed by atoms with Crippen LogP contribution in [0.2, 0.25) is 0 Å². The maximum Gasteiger partial charge on any atom is 0.0247 e. The molecule has 0 aromatic carbocycles. The molecule has 0 spiro atoms. The first-order chi connectivity index (χ1) is 8.76. The summed E-state index contributed by atoms with van der Waals surface area (Å²) in [5, 5.41) is 3.84. The first kappa shape index (κ1) is 13.9. The first-order valence-electron chi connectivity index (χ1n) is 8.26. The van der Waals surface area contributed by atoms with Gasteiger partial charge in [-0.3, -0.25) is 4.90 Å². The van der Waals surface area contributed by atoms with Gasteiger partial charge in [-0.15, -0.1) is 0 Å². The molecule has 0 amide bonds. The summed E-state index contributed by atoms with van der Waals surface area (Å²) in [5.74, 6) is 1.72. The largest absolute Gasteiger partial charge is 0.311 e. The molecule has 1 aliphatic heterocycles. The molecule has 0 radical (unpaired) electrons. The van der Waals surface area contributed by atoms with Crippen LogP contribution in [0.15, 0.2) is 0 Å². The maximum absolute atomic E-state index is 3.84. The maximum atomic E-state index is 3.84. The van der Waals surface area contributed by atoms with Crippen molar-refractivity contribution >= 4 is 0 Å². The average molecular weight is 264 g/mol. The van der Waals surface area contributed by atoms with Gasteiger partial charge in [0.05, 0.1) is 0 Å². The normalized spacial score (nSPS) is 38.7. The van der Waals surface area contributed by atoms with Gasteiger partial charge >= 0.3 is 0 Å². The molecular formula is C17H32N2. The van der Waals surface area contributed by atoms with E-state index in [-0.39, 0.29) is 0 Å². The Labute approximate surface area is 119 Å². The summed E-state index contributed by atoms with van der Waals surface area (Å²) in [6.07, 6.45) is 2.91. The van der Waals surface area contributed by atoms with Crippen LogP contribution in [-0.2, 0) is 0 Å². The lowest BCUT2D eigenvalue weighted by Gasteiger charge is -2.44. The Bertz CT molecular complexity index is 340. The Morgan fingerprint density at radius 3 is 2.05 bits per heavy atom. The molecular weight excluding hydrogens is 232 g/mol. The second kappa shape index (κ2) is 4.21. The number of hydrogen-bond acceptors (Lipinski definition) is 2. The Kier molecular flexibility index (Phi) is 3.07. The highest BCUT2D eigenvalue weighted by Crippen LogP contribution is 2.66. The van der Waals surface area contributed by atoms with Crippen molar-refractivity contribution in [2.75, 3.05) is 13.1 Å². The van der Waals surface area contributed by atoms with Crippen LogP contribution in [0.3, 0.4) is 0 Å². The SMILES string of the molecule is CC(C)C1CNC(C2CC2)CN1C1C(C)(C)C1(C)C. The summed E-state index contributed by atoms with van der Waals surface area (Å²) in [7, 11) is 0. The Balaban J connectivity index is 1.78. The minimum Gasteiger partial charge on any atom is -0.311 e. The molecule has 3 aliphatic rings. The molecule has 1 N–H and O–H groups in total. The highest BCUT2D eigenvalue weighted by atomic mass is 15.3. The Hall–Kier alpha value is -0.0800. The van der Waals surface area contributed by atoms with Crippen LogP contribution in [0, 0.1) is 22.7 Å². The van der Waals surface area contributed by atoms with Crippen LogP contribution in [0.5, 0.6) is 0 Å². The van der Waals surface area contributed by atoms with E-state index in [1.165, 1.54) is 25.9 Å². The van der Waals surface area contributed by atoms with Crippen molar-refractivity contribution in [3.05, 3.63) is 0 Å². The summed E-state index contributed by atoms with van der Waals surface area (Å²) in [5.41, 5.74) is 0.956. The zero-order valence-electron chi connectivity index (χ0n) is 13.7. The van der Waals surface area contributed by atoms with Gasteiger partial charge < -0.3 is 5.32 Å². The van der Waals surface area contributed by atoms with Crippen molar-refractivity contribution in [2.45, 2.75) is 72.5 Å². The minimum atomic E-state index is 0.478. The van der Waals surface area contributed by atoms with Gasteiger partial charge in [0.2, 0.25) is 0 Å². The second-order valence-electron chi connectivity index (χ2n) is 8.71. The van der Waals surface area contributed by atoms with Crippen LogP contribution < -0.4 is 5.32 Å². The van der Waals surface area contributed by atoms with Crippen molar-refractivity contribution in [2.24, 2.45) is 22.7 Å². The summed E-state index contributed by atoms with van der Waals surface area (Å²) < 4.78 is 0. The quantitative estimate of drug-likeness (QED) is 0.842. The lowest BCUT2D eigenvalue weighted by atomic mass is 9.95. The van der Waals surface area contributed by atoms with Gasteiger partial charge in [-0.05, 0) is 35.5 Å². The standard InChI is InChI=1S/C17H32N2/c1-11(2)14-9-18-13(12-7-8-12)10-19(14)15-16(3,4)17(15,5)6/h11-15,18H,7-10H2,1-6H3. The van der Waals surface area contributed by atoms with Crippen molar-refractivity contribution in [3.63, 3.8) is 0 Å². The monoisotopic (exact) mass is 264 g/mol. The van der Waals surface area contributed by atoms with Gasteiger partial charge in [0, 0.05) is 31.2 Å². The van der Waals surface area contributed by atoms with Crippen LogP contribution in [0.25, 0.3) is 0 Å². The predicted octanol–water partition coefficient (Wildman–Crippen LogP) is 3.13. The van der Waals surface area contributed by atoms with Crippen molar-refractivity contribution in [1.82, 2.24) is 10.2 Å². The van der Waals surface area contributed by atoms with Crippen molar-refractivity contribution in [1.29, 1.82) is 0 Å². The molecule has 110 valence electrons. The van der Waals surface area contributed by atoms with Crippen LogP contribution in [-0.4, -0.2) is 36.1 Å². The molecule has 2 unspecified atom stereocenters. The molecule has 2 heteroatoms. The van der Waals surface area contributed by atoms with E-state index in [4.69, 9.17) is 0 Å². The van der Waals surface area contributed by atoms with E-state index < -0.39 is 0 Å². The fourth-order valence-electron chi connectivity index (χ4n) is 4.54. The fraction of sp³-hybridized carbons (Fsp3) is 1.00.